The van der Waals surface area contributed by atoms with Crippen LogP contribution in [0.5, 0.6) is 0 Å². The van der Waals surface area contributed by atoms with Crippen LogP contribution in [0.1, 0.15) is 5.01 Å². The van der Waals surface area contributed by atoms with Crippen LogP contribution in [0.15, 0.2) is 17.5 Å². The molecule has 0 spiro atoms. The molecular weight excluding hydrogens is 244 g/mol. The maximum absolute atomic E-state index is 13.4. The second kappa shape index (κ2) is 3.59. The first-order chi connectivity index (χ1) is 8.13. The largest absolute Gasteiger partial charge is 0.336 e. The Bertz CT molecular complexity index is 702. The van der Waals surface area contributed by atoms with Crippen molar-refractivity contribution in [3.05, 3.63) is 34.2 Å². The van der Waals surface area contributed by atoms with E-state index in [-0.39, 0.29) is 5.52 Å². The zero-order chi connectivity index (χ0) is 12.0. The summed E-state index contributed by atoms with van der Waals surface area (Å²) in [5.74, 6) is -0.844. The molecule has 0 radical (unpaired) electrons. The highest BCUT2D eigenvalue weighted by atomic mass is 32.1. The van der Waals surface area contributed by atoms with Crippen LogP contribution in [0, 0.1) is 18.6 Å². The van der Waals surface area contributed by atoms with Crippen LogP contribution in [0.4, 0.5) is 8.78 Å². The van der Waals surface area contributed by atoms with Crippen LogP contribution >= 0.6 is 11.3 Å². The second-order valence-corrected chi connectivity index (χ2v) is 4.68. The van der Waals surface area contributed by atoms with E-state index < -0.39 is 11.6 Å². The van der Waals surface area contributed by atoms with Crippen LogP contribution in [0.3, 0.4) is 0 Å². The summed E-state index contributed by atoms with van der Waals surface area (Å²) in [5, 5.41) is 2.72. The van der Waals surface area contributed by atoms with Gasteiger partial charge in [-0.05, 0) is 13.0 Å². The Kier molecular flexibility index (Phi) is 2.19. The number of H-pyrrole nitrogens is 1. The molecular formula is C11H7F2N3S. The van der Waals surface area contributed by atoms with Gasteiger partial charge in [0, 0.05) is 11.4 Å². The molecule has 0 aliphatic carbocycles. The van der Waals surface area contributed by atoms with Gasteiger partial charge in [0.25, 0.3) is 0 Å². The van der Waals surface area contributed by atoms with Gasteiger partial charge in [-0.2, -0.15) is 0 Å². The number of fused-ring (bicyclic) bond motifs is 1. The zero-order valence-electron chi connectivity index (χ0n) is 8.79. The third-order valence-electron chi connectivity index (χ3n) is 2.37. The Hall–Kier alpha value is -1.82. The molecule has 0 saturated carbocycles. The molecule has 0 atom stereocenters. The van der Waals surface area contributed by atoms with Gasteiger partial charge in [-0.3, -0.25) is 0 Å². The fraction of sp³-hybridized carbons (Fsp3) is 0.0909. The van der Waals surface area contributed by atoms with E-state index in [1.165, 1.54) is 17.4 Å². The Morgan fingerprint density at radius 2 is 2.06 bits per heavy atom. The van der Waals surface area contributed by atoms with Crippen molar-refractivity contribution < 1.29 is 8.78 Å². The third-order valence-corrected chi connectivity index (χ3v) is 3.14. The van der Waals surface area contributed by atoms with E-state index in [2.05, 4.69) is 15.0 Å². The van der Waals surface area contributed by atoms with Gasteiger partial charge < -0.3 is 4.98 Å². The number of rotatable bonds is 1. The van der Waals surface area contributed by atoms with Gasteiger partial charge in [0.05, 0.1) is 10.5 Å². The average Bonchev–Trinajstić information content (AvgIpc) is 2.83. The van der Waals surface area contributed by atoms with E-state index in [4.69, 9.17) is 0 Å². The summed E-state index contributed by atoms with van der Waals surface area (Å²) in [6.07, 6.45) is 0. The minimum Gasteiger partial charge on any atom is -0.336 e. The Morgan fingerprint density at radius 3 is 2.76 bits per heavy atom. The molecule has 0 unspecified atom stereocenters. The van der Waals surface area contributed by atoms with Crippen molar-refractivity contribution in [2.75, 3.05) is 0 Å². The maximum Gasteiger partial charge on any atom is 0.158 e. The van der Waals surface area contributed by atoms with Crippen molar-refractivity contribution >= 4 is 22.4 Å². The van der Waals surface area contributed by atoms with E-state index in [0.717, 1.165) is 11.1 Å². The highest BCUT2D eigenvalue weighted by Crippen LogP contribution is 2.24. The average molecular weight is 251 g/mol. The summed E-state index contributed by atoms with van der Waals surface area (Å²) < 4.78 is 26.5. The SMILES string of the molecule is Cc1nc(-c2nc3c(F)cc(F)cc3[nH]2)cs1. The molecule has 17 heavy (non-hydrogen) atoms. The molecule has 1 N–H and O–H groups in total. The topological polar surface area (TPSA) is 41.6 Å². The van der Waals surface area contributed by atoms with Crippen molar-refractivity contribution in [1.29, 1.82) is 0 Å². The fourth-order valence-corrected chi connectivity index (χ4v) is 2.23. The Balaban J connectivity index is 2.23. The molecule has 1 aromatic carbocycles. The number of aromatic nitrogens is 3. The number of aromatic amines is 1. The number of halogens is 2. The summed E-state index contributed by atoms with van der Waals surface area (Å²) in [6.45, 7) is 1.87. The second-order valence-electron chi connectivity index (χ2n) is 3.62. The van der Waals surface area contributed by atoms with Gasteiger partial charge in [0.2, 0.25) is 0 Å². The molecule has 0 saturated heterocycles. The maximum atomic E-state index is 13.4. The molecule has 0 fully saturated rings. The minimum atomic E-state index is -0.672. The van der Waals surface area contributed by atoms with Crippen molar-refractivity contribution in [3.63, 3.8) is 0 Å². The summed E-state index contributed by atoms with van der Waals surface area (Å²) in [6, 6.07) is 2.04. The highest BCUT2D eigenvalue weighted by molar-refractivity contribution is 7.09. The van der Waals surface area contributed by atoms with Crippen LogP contribution in [-0.4, -0.2) is 15.0 Å². The van der Waals surface area contributed by atoms with Crippen LogP contribution in [-0.2, 0) is 0 Å². The summed E-state index contributed by atoms with van der Waals surface area (Å²) in [5.41, 5.74) is 1.11. The summed E-state index contributed by atoms with van der Waals surface area (Å²) in [4.78, 5) is 11.2. The number of aryl methyl sites for hydroxylation is 1. The first-order valence-corrected chi connectivity index (χ1v) is 5.79. The lowest BCUT2D eigenvalue weighted by Gasteiger charge is -1.90. The van der Waals surface area contributed by atoms with Gasteiger partial charge in [0.15, 0.2) is 11.6 Å². The van der Waals surface area contributed by atoms with E-state index >= 15 is 0 Å². The standard InChI is InChI=1S/C11H7F2N3S/c1-5-14-9(4-17-5)11-15-8-3-6(12)2-7(13)10(8)16-11/h2-4H,1H3,(H,15,16). The van der Waals surface area contributed by atoms with Crippen LogP contribution < -0.4 is 0 Å². The van der Waals surface area contributed by atoms with Crippen molar-refractivity contribution in [3.8, 4) is 11.5 Å². The number of imidazole rings is 1. The predicted octanol–water partition coefficient (Wildman–Crippen LogP) is 3.27. The van der Waals surface area contributed by atoms with Crippen LogP contribution in [0.2, 0.25) is 0 Å². The molecule has 0 aliphatic heterocycles. The van der Waals surface area contributed by atoms with Gasteiger partial charge in [-0.1, -0.05) is 0 Å². The molecule has 0 aliphatic rings. The molecule has 2 aromatic heterocycles. The number of nitrogens with one attached hydrogen (secondary N) is 1. The van der Waals surface area contributed by atoms with E-state index in [1.807, 2.05) is 12.3 Å². The first-order valence-electron chi connectivity index (χ1n) is 4.91. The number of benzene rings is 1. The van der Waals surface area contributed by atoms with E-state index in [1.54, 1.807) is 0 Å². The van der Waals surface area contributed by atoms with Crippen molar-refractivity contribution in [2.24, 2.45) is 0 Å². The molecule has 86 valence electrons. The van der Waals surface area contributed by atoms with Gasteiger partial charge in [-0.15, -0.1) is 11.3 Å². The van der Waals surface area contributed by atoms with Gasteiger partial charge in [0.1, 0.15) is 17.0 Å². The summed E-state index contributed by atoms with van der Waals surface area (Å²) >= 11 is 1.48. The van der Waals surface area contributed by atoms with Crippen molar-refractivity contribution in [2.45, 2.75) is 6.92 Å². The van der Waals surface area contributed by atoms with E-state index in [9.17, 15) is 8.78 Å². The number of hydrogen-bond acceptors (Lipinski definition) is 3. The molecule has 3 aromatic rings. The monoisotopic (exact) mass is 251 g/mol. The lowest BCUT2D eigenvalue weighted by Crippen LogP contribution is -1.81. The molecule has 2 heterocycles. The quantitative estimate of drug-likeness (QED) is 0.721. The molecule has 0 bridgehead atoms. The Labute approximate surface area is 99.2 Å². The first kappa shape index (κ1) is 10.3. The molecule has 6 heteroatoms. The Morgan fingerprint density at radius 1 is 1.24 bits per heavy atom. The fourth-order valence-electron chi connectivity index (χ4n) is 1.64. The van der Waals surface area contributed by atoms with E-state index in [0.29, 0.717) is 17.0 Å². The zero-order valence-corrected chi connectivity index (χ0v) is 9.61. The lowest BCUT2D eigenvalue weighted by atomic mass is 10.3. The summed E-state index contributed by atoms with van der Waals surface area (Å²) in [7, 11) is 0. The van der Waals surface area contributed by atoms with Gasteiger partial charge >= 0.3 is 0 Å². The van der Waals surface area contributed by atoms with Crippen molar-refractivity contribution in [1.82, 2.24) is 15.0 Å². The number of hydrogen-bond donors (Lipinski definition) is 1. The van der Waals surface area contributed by atoms with Gasteiger partial charge in [-0.25, -0.2) is 18.7 Å². The normalized spacial score (nSPS) is 11.2. The number of nitrogens with zero attached hydrogens (tertiary/aromatic N) is 2. The lowest BCUT2D eigenvalue weighted by molar-refractivity contribution is 0.591. The molecule has 3 rings (SSSR count). The molecule has 3 nitrogen and oxygen atoms in total. The van der Waals surface area contributed by atoms with Crippen LogP contribution in [0.25, 0.3) is 22.6 Å². The molecule has 0 amide bonds. The number of thiazole rings is 1. The third kappa shape index (κ3) is 1.70. The minimum absolute atomic E-state index is 0.132. The highest BCUT2D eigenvalue weighted by Gasteiger charge is 2.12. The smallest absolute Gasteiger partial charge is 0.158 e. The predicted molar refractivity (Wildman–Crippen MR) is 61.9 cm³/mol.